The highest BCUT2D eigenvalue weighted by Crippen LogP contribution is 2.21. The van der Waals surface area contributed by atoms with Crippen LogP contribution in [-0.2, 0) is 0 Å². The van der Waals surface area contributed by atoms with Crippen molar-refractivity contribution in [2.24, 2.45) is 5.73 Å². The van der Waals surface area contributed by atoms with Crippen LogP contribution in [0.5, 0.6) is 0 Å². The molecule has 0 bridgehead atoms. The summed E-state index contributed by atoms with van der Waals surface area (Å²) in [5.41, 5.74) is 5.41. The summed E-state index contributed by atoms with van der Waals surface area (Å²) < 4.78 is 0. The Morgan fingerprint density at radius 3 is 2.94 bits per heavy atom. The van der Waals surface area contributed by atoms with Crippen molar-refractivity contribution in [3.05, 3.63) is 12.3 Å². The summed E-state index contributed by atoms with van der Waals surface area (Å²) in [6, 6.07) is 2.49. The Morgan fingerprint density at radius 1 is 1.38 bits per heavy atom. The average Bonchev–Trinajstić information content (AvgIpc) is 2.80. The Bertz CT molecular complexity index is 322. The molecule has 0 saturated heterocycles. The summed E-state index contributed by atoms with van der Waals surface area (Å²) in [5, 5.41) is 6.51. The third-order valence-corrected chi connectivity index (χ3v) is 2.79. The van der Waals surface area contributed by atoms with Crippen LogP contribution in [0.15, 0.2) is 12.3 Å². The van der Waals surface area contributed by atoms with Gasteiger partial charge in [-0.05, 0) is 18.9 Å². The zero-order chi connectivity index (χ0) is 11.2. The highest BCUT2D eigenvalue weighted by Gasteiger charge is 2.14. The molecule has 2 rings (SSSR count). The lowest BCUT2D eigenvalue weighted by molar-refractivity contribution is 0.750. The van der Waals surface area contributed by atoms with Crippen LogP contribution in [0, 0.1) is 0 Å². The van der Waals surface area contributed by atoms with Crippen molar-refractivity contribution in [3.63, 3.8) is 0 Å². The molecular weight excluding hydrogens is 202 g/mol. The second-order valence-corrected chi connectivity index (χ2v) is 4.11. The molecule has 16 heavy (non-hydrogen) atoms. The quantitative estimate of drug-likeness (QED) is 0.696. The van der Waals surface area contributed by atoms with Crippen LogP contribution in [0.3, 0.4) is 0 Å². The molecule has 1 heterocycles. The maximum atomic E-state index is 5.41. The molecular formula is C11H19N5. The fourth-order valence-corrected chi connectivity index (χ4v) is 1.99. The molecule has 88 valence electrons. The van der Waals surface area contributed by atoms with Gasteiger partial charge in [-0.1, -0.05) is 12.8 Å². The number of rotatable bonds is 5. The Balaban J connectivity index is 1.92. The first kappa shape index (κ1) is 11.1. The van der Waals surface area contributed by atoms with Gasteiger partial charge >= 0.3 is 0 Å². The molecule has 1 aliphatic carbocycles. The molecule has 0 spiro atoms. The summed E-state index contributed by atoms with van der Waals surface area (Å²) in [7, 11) is 0. The number of anilines is 2. The molecule has 0 amide bonds. The van der Waals surface area contributed by atoms with E-state index in [-0.39, 0.29) is 0 Å². The Kier molecular flexibility index (Phi) is 3.93. The van der Waals surface area contributed by atoms with Crippen LogP contribution >= 0.6 is 0 Å². The molecule has 5 heteroatoms. The zero-order valence-corrected chi connectivity index (χ0v) is 9.45. The van der Waals surface area contributed by atoms with Crippen molar-refractivity contribution in [2.45, 2.75) is 31.7 Å². The van der Waals surface area contributed by atoms with E-state index in [9.17, 15) is 0 Å². The normalized spacial score (nSPS) is 16.3. The lowest BCUT2D eigenvalue weighted by atomic mass is 10.2. The SMILES string of the molecule is NCCNc1nccc(NC2CCCC2)n1. The fraction of sp³-hybridized carbons (Fsp3) is 0.636. The van der Waals surface area contributed by atoms with Crippen molar-refractivity contribution >= 4 is 11.8 Å². The van der Waals surface area contributed by atoms with Gasteiger partial charge in [-0.2, -0.15) is 4.98 Å². The topological polar surface area (TPSA) is 75.9 Å². The molecule has 1 aromatic heterocycles. The smallest absolute Gasteiger partial charge is 0.224 e. The van der Waals surface area contributed by atoms with E-state index < -0.39 is 0 Å². The standard InChI is InChI=1S/C11H19N5/c12-6-8-14-11-13-7-5-10(16-11)15-9-3-1-2-4-9/h5,7,9H,1-4,6,8,12H2,(H2,13,14,15,16). The van der Waals surface area contributed by atoms with E-state index in [1.54, 1.807) is 6.20 Å². The molecule has 0 aliphatic heterocycles. The van der Waals surface area contributed by atoms with Gasteiger partial charge in [-0.15, -0.1) is 0 Å². The largest absolute Gasteiger partial charge is 0.367 e. The minimum Gasteiger partial charge on any atom is -0.367 e. The minimum absolute atomic E-state index is 0.581. The van der Waals surface area contributed by atoms with Gasteiger partial charge in [0.2, 0.25) is 5.95 Å². The van der Waals surface area contributed by atoms with Crippen LogP contribution in [0.1, 0.15) is 25.7 Å². The van der Waals surface area contributed by atoms with E-state index in [0.717, 1.165) is 5.82 Å². The molecule has 0 unspecified atom stereocenters. The molecule has 0 radical (unpaired) electrons. The third kappa shape index (κ3) is 3.06. The second-order valence-electron chi connectivity index (χ2n) is 4.11. The van der Waals surface area contributed by atoms with Gasteiger partial charge in [-0.25, -0.2) is 4.98 Å². The fourth-order valence-electron chi connectivity index (χ4n) is 1.99. The van der Waals surface area contributed by atoms with Crippen LogP contribution in [-0.4, -0.2) is 29.1 Å². The summed E-state index contributed by atoms with van der Waals surface area (Å²) in [5.74, 6) is 1.55. The van der Waals surface area contributed by atoms with Gasteiger partial charge in [-0.3, -0.25) is 0 Å². The first-order valence-corrected chi connectivity index (χ1v) is 5.92. The monoisotopic (exact) mass is 221 g/mol. The minimum atomic E-state index is 0.581. The van der Waals surface area contributed by atoms with E-state index in [1.807, 2.05) is 6.07 Å². The van der Waals surface area contributed by atoms with Crippen molar-refractivity contribution in [3.8, 4) is 0 Å². The van der Waals surface area contributed by atoms with E-state index in [1.165, 1.54) is 25.7 Å². The third-order valence-electron chi connectivity index (χ3n) is 2.79. The number of aromatic nitrogens is 2. The van der Waals surface area contributed by atoms with Crippen LogP contribution in [0.4, 0.5) is 11.8 Å². The Labute approximate surface area is 95.9 Å². The van der Waals surface area contributed by atoms with Gasteiger partial charge in [0, 0.05) is 25.3 Å². The van der Waals surface area contributed by atoms with E-state index in [0.29, 0.717) is 25.1 Å². The van der Waals surface area contributed by atoms with E-state index in [2.05, 4.69) is 20.6 Å². The molecule has 4 N–H and O–H groups in total. The number of nitrogens with zero attached hydrogens (tertiary/aromatic N) is 2. The van der Waals surface area contributed by atoms with E-state index >= 15 is 0 Å². The van der Waals surface area contributed by atoms with Crippen LogP contribution < -0.4 is 16.4 Å². The van der Waals surface area contributed by atoms with Crippen LogP contribution in [0.25, 0.3) is 0 Å². The van der Waals surface area contributed by atoms with Crippen molar-refractivity contribution in [1.82, 2.24) is 9.97 Å². The molecule has 1 saturated carbocycles. The highest BCUT2D eigenvalue weighted by molar-refractivity contribution is 5.40. The molecule has 1 fully saturated rings. The summed E-state index contributed by atoms with van der Waals surface area (Å²) in [6.07, 6.45) is 6.90. The molecule has 1 aliphatic rings. The average molecular weight is 221 g/mol. The first-order chi connectivity index (χ1) is 7.88. The number of hydrogen-bond donors (Lipinski definition) is 3. The molecule has 5 nitrogen and oxygen atoms in total. The lowest BCUT2D eigenvalue weighted by Crippen LogP contribution is -2.18. The maximum absolute atomic E-state index is 5.41. The Hall–Kier alpha value is -1.36. The number of nitrogens with one attached hydrogen (secondary N) is 2. The molecule has 1 aromatic rings. The van der Waals surface area contributed by atoms with Gasteiger partial charge in [0.05, 0.1) is 0 Å². The van der Waals surface area contributed by atoms with E-state index in [4.69, 9.17) is 5.73 Å². The molecule has 0 atom stereocenters. The van der Waals surface area contributed by atoms with Crippen molar-refractivity contribution < 1.29 is 0 Å². The lowest BCUT2D eigenvalue weighted by Gasteiger charge is -2.13. The predicted molar refractivity (Wildman–Crippen MR) is 65.5 cm³/mol. The van der Waals surface area contributed by atoms with Gasteiger partial charge < -0.3 is 16.4 Å². The first-order valence-electron chi connectivity index (χ1n) is 5.92. The second kappa shape index (κ2) is 5.65. The molecule has 0 aromatic carbocycles. The van der Waals surface area contributed by atoms with Crippen molar-refractivity contribution in [1.29, 1.82) is 0 Å². The highest BCUT2D eigenvalue weighted by atomic mass is 15.1. The Morgan fingerprint density at radius 2 is 2.19 bits per heavy atom. The maximum Gasteiger partial charge on any atom is 0.224 e. The summed E-state index contributed by atoms with van der Waals surface area (Å²) in [6.45, 7) is 1.29. The predicted octanol–water partition coefficient (Wildman–Crippen LogP) is 1.20. The van der Waals surface area contributed by atoms with Crippen LogP contribution in [0.2, 0.25) is 0 Å². The van der Waals surface area contributed by atoms with Gasteiger partial charge in [0.1, 0.15) is 5.82 Å². The number of hydrogen-bond acceptors (Lipinski definition) is 5. The van der Waals surface area contributed by atoms with Gasteiger partial charge in [0.15, 0.2) is 0 Å². The summed E-state index contributed by atoms with van der Waals surface area (Å²) >= 11 is 0. The number of nitrogens with two attached hydrogens (primary N) is 1. The summed E-state index contributed by atoms with van der Waals surface area (Å²) in [4.78, 5) is 8.52. The van der Waals surface area contributed by atoms with Crippen molar-refractivity contribution in [2.75, 3.05) is 23.7 Å². The van der Waals surface area contributed by atoms with Gasteiger partial charge in [0.25, 0.3) is 0 Å². The zero-order valence-electron chi connectivity index (χ0n) is 9.45.